The summed E-state index contributed by atoms with van der Waals surface area (Å²) in [5.74, 6) is -1.19. The van der Waals surface area contributed by atoms with Gasteiger partial charge in [0.1, 0.15) is 11.5 Å². The number of ether oxygens (including phenoxy) is 1. The zero-order valence-corrected chi connectivity index (χ0v) is 24.3. The maximum atomic E-state index is 13.6. The predicted molar refractivity (Wildman–Crippen MR) is 161 cm³/mol. The quantitative estimate of drug-likeness (QED) is 0.403. The Morgan fingerprint density at radius 1 is 1.02 bits per heavy atom. The van der Waals surface area contributed by atoms with Crippen molar-refractivity contribution in [2.45, 2.75) is 49.7 Å². The topological polar surface area (TPSA) is 126 Å². The van der Waals surface area contributed by atoms with Gasteiger partial charge < -0.3 is 20.3 Å². The van der Waals surface area contributed by atoms with Gasteiger partial charge in [0.25, 0.3) is 11.8 Å². The highest BCUT2D eigenvalue weighted by atomic mass is 16.5. The molecule has 226 valence electrons. The lowest BCUT2D eigenvalue weighted by molar-refractivity contribution is -0.157. The fourth-order valence-corrected chi connectivity index (χ4v) is 6.72. The van der Waals surface area contributed by atoms with E-state index in [1.54, 1.807) is 24.4 Å². The van der Waals surface area contributed by atoms with Crippen LogP contribution in [-0.4, -0.2) is 75.6 Å². The van der Waals surface area contributed by atoms with Crippen LogP contribution in [-0.2, 0) is 26.3 Å². The van der Waals surface area contributed by atoms with Crippen LogP contribution >= 0.6 is 0 Å². The number of nitrogens with zero attached hydrogens (tertiary/aromatic N) is 4. The van der Waals surface area contributed by atoms with Gasteiger partial charge in [0.15, 0.2) is 0 Å². The monoisotopic (exact) mass is 594 g/mol. The molecule has 1 atom stereocenters. The van der Waals surface area contributed by atoms with Gasteiger partial charge in [0.05, 0.1) is 36.6 Å². The molecule has 0 spiro atoms. The fourth-order valence-electron chi connectivity index (χ4n) is 6.72. The van der Waals surface area contributed by atoms with E-state index in [9.17, 15) is 19.2 Å². The molecular weight excluding hydrogens is 560 g/mol. The van der Waals surface area contributed by atoms with Crippen molar-refractivity contribution in [1.29, 1.82) is 0 Å². The number of hydrogen-bond donors (Lipinski definition) is 2. The van der Waals surface area contributed by atoms with Gasteiger partial charge in [0.2, 0.25) is 11.8 Å². The molecule has 1 aromatic heterocycles. The molecule has 0 bridgehead atoms. The lowest BCUT2D eigenvalue weighted by Crippen LogP contribution is -2.59. The van der Waals surface area contributed by atoms with E-state index in [-0.39, 0.29) is 29.0 Å². The van der Waals surface area contributed by atoms with E-state index in [0.717, 1.165) is 28.9 Å². The summed E-state index contributed by atoms with van der Waals surface area (Å²) in [6.07, 6.45) is 6.25. The lowest BCUT2D eigenvalue weighted by atomic mass is 9.77. The number of amides is 4. The van der Waals surface area contributed by atoms with Gasteiger partial charge in [0, 0.05) is 42.8 Å². The van der Waals surface area contributed by atoms with E-state index >= 15 is 0 Å². The Labute approximate surface area is 254 Å². The number of carbonyl (C=O) groups is 4. The molecule has 4 amide bonds. The van der Waals surface area contributed by atoms with Crippen molar-refractivity contribution in [3.63, 3.8) is 0 Å². The summed E-state index contributed by atoms with van der Waals surface area (Å²) in [6.45, 7) is 6.32. The van der Waals surface area contributed by atoms with E-state index in [1.807, 2.05) is 46.1 Å². The third kappa shape index (κ3) is 4.68. The summed E-state index contributed by atoms with van der Waals surface area (Å²) >= 11 is 0. The van der Waals surface area contributed by atoms with Crippen molar-refractivity contribution >= 4 is 29.3 Å². The molecule has 2 aromatic carbocycles. The Hall–Kier alpha value is -4.77. The number of aromatic nitrogens is 2. The van der Waals surface area contributed by atoms with Gasteiger partial charge in [-0.2, -0.15) is 5.10 Å². The first-order valence-corrected chi connectivity index (χ1v) is 15.0. The van der Waals surface area contributed by atoms with Crippen molar-refractivity contribution < 1.29 is 23.9 Å². The first-order valence-electron chi connectivity index (χ1n) is 15.0. The normalized spacial score (nSPS) is 21.6. The molecule has 3 saturated heterocycles. The van der Waals surface area contributed by atoms with Crippen molar-refractivity contribution in [2.75, 3.05) is 31.6 Å². The highest BCUT2D eigenvalue weighted by Gasteiger charge is 2.50. The van der Waals surface area contributed by atoms with Crippen LogP contribution < -0.4 is 10.6 Å². The third-order valence-corrected chi connectivity index (χ3v) is 9.28. The molecule has 11 heteroatoms. The first kappa shape index (κ1) is 28.0. The van der Waals surface area contributed by atoms with Crippen LogP contribution in [0.25, 0.3) is 0 Å². The lowest BCUT2D eigenvalue weighted by Gasteiger charge is -2.45. The molecule has 3 aromatic rings. The van der Waals surface area contributed by atoms with Gasteiger partial charge in [-0.15, -0.1) is 0 Å². The average molecular weight is 595 g/mol. The van der Waals surface area contributed by atoms with Crippen LogP contribution in [0.15, 0.2) is 73.2 Å². The van der Waals surface area contributed by atoms with Crippen molar-refractivity contribution in [3.8, 4) is 0 Å². The summed E-state index contributed by atoms with van der Waals surface area (Å²) < 4.78 is 7.46. The molecule has 0 saturated carbocycles. The summed E-state index contributed by atoms with van der Waals surface area (Å²) in [5.41, 5.74) is 3.05. The molecule has 3 fully saturated rings. The molecule has 5 heterocycles. The van der Waals surface area contributed by atoms with E-state index in [2.05, 4.69) is 22.3 Å². The van der Waals surface area contributed by atoms with Crippen LogP contribution in [0, 0.1) is 0 Å². The number of piperidine rings is 2. The second kappa shape index (κ2) is 11.1. The standard InChI is InChI=1S/C33H34N6O5/c1-21-10-11-27(29(40)36-21)39-30(41)25-8-5-9-26(28(25)31(39)42)34-16-22-17-35-38(18-22)24-12-14-37(15-13-24)32(43)33(19-44-20-33)23-6-3-2-4-7-23/h2-9,17-18,24,27,34H,1,10-16,19-20H2,(H,36,40). The van der Waals surface area contributed by atoms with Crippen LogP contribution in [0.5, 0.6) is 0 Å². The minimum atomic E-state index is -0.855. The second-order valence-corrected chi connectivity index (χ2v) is 12.0. The Kier molecular flexibility index (Phi) is 7.04. The minimum absolute atomic E-state index is 0.135. The molecular formula is C33H34N6O5. The average Bonchev–Trinajstić information content (AvgIpc) is 3.59. The Morgan fingerprint density at radius 2 is 1.80 bits per heavy atom. The van der Waals surface area contributed by atoms with Gasteiger partial charge in [-0.1, -0.05) is 43.0 Å². The number of nitrogens with one attached hydrogen (secondary N) is 2. The number of allylic oxidation sites excluding steroid dienone is 1. The minimum Gasteiger partial charge on any atom is -0.380 e. The second-order valence-electron chi connectivity index (χ2n) is 12.0. The van der Waals surface area contributed by atoms with Crippen molar-refractivity contribution in [3.05, 3.63) is 95.5 Å². The molecule has 0 aliphatic carbocycles. The Morgan fingerprint density at radius 3 is 2.50 bits per heavy atom. The maximum Gasteiger partial charge on any atom is 0.264 e. The zero-order chi connectivity index (χ0) is 30.4. The Bertz CT molecular complexity index is 1650. The van der Waals surface area contributed by atoms with Crippen LogP contribution in [0.2, 0.25) is 0 Å². The molecule has 4 aliphatic rings. The Balaban J connectivity index is 0.981. The molecule has 2 N–H and O–H groups in total. The van der Waals surface area contributed by atoms with Gasteiger partial charge in [-0.25, -0.2) is 0 Å². The predicted octanol–water partition coefficient (Wildman–Crippen LogP) is 3.02. The number of imide groups is 1. The van der Waals surface area contributed by atoms with Crippen LogP contribution in [0.3, 0.4) is 0 Å². The highest BCUT2D eigenvalue weighted by Crippen LogP contribution is 2.36. The van der Waals surface area contributed by atoms with E-state index in [0.29, 0.717) is 57.1 Å². The zero-order valence-electron chi connectivity index (χ0n) is 24.3. The summed E-state index contributed by atoms with van der Waals surface area (Å²) in [4.78, 5) is 55.8. The summed E-state index contributed by atoms with van der Waals surface area (Å²) in [5, 5.41) is 10.6. The largest absolute Gasteiger partial charge is 0.380 e. The molecule has 44 heavy (non-hydrogen) atoms. The van der Waals surface area contributed by atoms with E-state index in [4.69, 9.17) is 4.74 Å². The molecule has 1 unspecified atom stereocenters. The number of hydrogen-bond acceptors (Lipinski definition) is 7. The van der Waals surface area contributed by atoms with Gasteiger partial charge in [-0.05, 0) is 43.4 Å². The molecule has 0 radical (unpaired) electrons. The molecule has 7 rings (SSSR count). The number of fused-ring (bicyclic) bond motifs is 1. The van der Waals surface area contributed by atoms with Gasteiger partial charge in [-0.3, -0.25) is 28.8 Å². The van der Waals surface area contributed by atoms with Crippen molar-refractivity contribution in [1.82, 2.24) is 24.9 Å². The van der Waals surface area contributed by atoms with E-state index in [1.165, 1.54) is 0 Å². The molecule has 4 aliphatic heterocycles. The fraction of sp³-hybridized carbons (Fsp3) is 0.364. The number of carbonyl (C=O) groups excluding carboxylic acids is 4. The number of benzene rings is 2. The summed E-state index contributed by atoms with van der Waals surface area (Å²) in [6, 6.07) is 14.3. The SMILES string of the molecule is C=C1CCC(N2C(=O)c3cccc(NCc4cnn(C5CCN(C(=O)C6(c7ccccc7)COC6)CC5)c4)c3C2=O)C(=O)N1. The summed E-state index contributed by atoms with van der Waals surface area (Å²) in [7, 11) is 0. The van der Waals surface area contributed by atoms with Gasteiger partial charge >= 0.3 is 0 Å². The van der Waals surface area contributed by atoms with Crippen LogP contribution in [0.1, 0.15) is 63.6 Å². The number of likely N-dealkylation sites (tertiary alicyclic amines) is 1. The highest BCUT2D eigenvalue weighted by molar-refractivity contribution is 6.25. The number of rotatable bonds is 7. The third-order valence-electron chi connectivity index (χ3n) is 9.28. The first-order chi connectivity index (χ1) is 21.4. The van der Waals surface area contributed by atoms with Crippen LogP contribution in [0.4, 0.5) is 5.69 Å². The number of anilines is 1. The van der Waals surface area contributed by atoms with E-state index < -0.39 is 23.3 Å². The molecule has 11 nitrogen and oxygen atoms in total. The maximum absolute atomic E-state index is 13.6. The smallest absolute Gasteiger partial charge is 0.264 e. The van der Waals surface area contributed by atoms with Crippen molar-refractivity contribution in [2.24, 2.45) is 0 Å².